The van der Waals surface area contributed by atoms with Crippen molar-refractivity contribution in [3.63, 3.8) is 0 Å². The third kappa shape index (κ3) is 6.71. The molecular weight excluding hydrogens is 226 g/mol. The lowest BCUT2D eigenvalue weighted by molar-refractivity contribution is 0.393. The van der Waals surface area contributed by atoms with Gasteiger partial charge < -0.3 is 5.32 Å². The van der Waals surface area contributed by atoms with E-state index >= 15 is 0 Å². The fraction of sp³-hybridized carbons (Fsp3) is 1.00. The first-order chi connectivity index (χ1) is 8.26. The summed E-state index contributed by atoms with van der Waals surface area (Å²) >= 11 is 2.24. The molecule has 3 unspecified atom stereocenters. The fourth-order valence-corrected chi connectivity index (χ4v) is 4.31. The Balaban J connectivity index is 2.19. The summed E-state index contributed by atoms with van der Waals surface area (Å²) in [5.41, 5.74) is 0. The van der Waals surface area contributed by atoms with Crippen molar-refractivity contribution in [2.24, 2.45) is 5.92 Å². The average Bonchev–Trinajstić information content (AvgIpc) is 2.33. The van der Waals surface area contributed by atoms with Crippen LogP contribution in [0.2, 0.25) is 0 Å². The van der Waals surface area contributed by atoms with Crippen LogP contribution in [0.15, 0.2) is 0 Å². The predicted octanol–water partition coefficient (Wildman–Crippen LogP) is 4.47. The molecule has 1 N–H and O–H groups in total. The molecule has 0 aliphatic heterocycles. The molecule has 1 aliphatic carbocycles. The van der Waals surface area contributed by atoms with E-state index < -0.39 is 0 Å². The first kappa shape index (κ1) is 15.4. The van der Waals surface area contributed by atoms with Crippen molar-refractivity contribution in [3.8, 4) is 0 Å². The summed E-state index contributed by atoms with van der Waals surface area (Å²) in [6.07, 6.45) is 9.74. The van der Waals surface area contributed by atoms with Crippen molar-refractivity contribution in [2.45, 2.75) is 77.0 Å². The topological polar surface area (TPSA) is 12.0 Å². The molecule has 0 aromatic heterocycles. The molecule has 102 valence electrons. The molecule has 0 bridgehead atoms. The van der Waals surface area contributed by atoms with Gasteiger partial charge in [0.25, 0.3) is 0 Å². The largest absolute Gasteiger partial charge is 0.313 e. The Hall–Kier alpha value is 0.310. The maximum atomic E-state index is 3.70. The Morgan fingerprint density at radius 2 is 2.06 bits per heavy atom. The molecule has 0 aromatic rings. The average molecular weight is 257 g/mol. The second kappa shape index (κ2) is 9.27. The molecule has 1 saturated carbocycles. The van der Waals surface area contributed by atoms with Crippen LogP contribution in [-0.2, 0) is 0 Å². The summed E-state index contributed by atoms with van der Waals surface area (Å²) in [5.74, 6) is 2.29. The van der Waals surface area contributed by atoms with E-state index in [-0.39, 0.29) is 0 Å². The molecule has 0 heterocycles. The van der Waals surface area contributed by atoms with E-state index in [1.807, 2.05) is 0 Å². The van der Waals surface area contributed by atoms with Crippen LogP contribution < -0.4 is 5.32 Å². The Kier molecular flexibility index (Phi) is 8.38. The smallest absolute Gasteiger partial charge is 0.0158 e. The van der Waals surface area contributed by atoms with Gasteiger partial charge in [-0.15, -0.1) is 0 Å². The van der Waals surface area contributed by atoms with E-state index in [1.165, 1.54) is 57.2 Å². The number of nitrogens with one attached hydrogen (secondary N) is 1. The monoisotopic (exact) mass is 257 g/mol. The Labute approximate surface area is 113 Å². The van der Waals surface area contributed by atoms with Gasteiger partial charge in [-0.05, 0) is 38.1 Å². The Morgan fingerprint density at radius 1 is 1.24 bits per heavy atom. The Bertz CT molecular complexity index is 184. The van der Waals surface area contributed by atoms with Crippen molar-refractivity contribution >= 4 is 11.8 Å². The molecule has 1 nitrogen and oxygen atoms in total. The van der Waals surface area contributed by atoms with Gasteiger partial charge in [-0.25, -0.2) is 0 Å². The zero-order chi connectivity index (χ0) is 12.5. The van der Waals surface area contributed by atoms with Crippen molar-refractivity contribution in [1.29, 1.82) is 0 Å². The number of rotatable bonds is 8. The van der Waals surface area contributed by atoms with Gasteiger partial charge in [-0.1, -0.05) is 40.0 Å². The minimum atomic E-state index is 0.752. The number of hydrogen-bond donors (Lipinski definition) is 1. The normalized spacial score (nSPS) is 27.0. The van der Waals surface area contributed by atoms with Crippen LogP contribution in [0.3, 0.4) is 0 Å². The highest BCUT2D eigenvalue weighted by Crippen LogP contribution is 2.32. The van der Waals surface area contributed by atoms with Crippen LogP contribution in [0.1, 0.15) is 65.7 Å². The second-order valence-corrected chi connectivity index (χ2v) is 7.00. The van der Waals surface area contributed by atoms with Crippen LogP contribution in [0, 0.1) is 5.92 Å². The molecular formula is C15H31NS. The van der Waals surface area contributed by atoms with E-state index in [9.17, 15) is 0 Å². The van der Waals surface area contributed by atoms with E-state index in [0.717, 1.165) is 17.2 Å². The van der Waals surface area contributed by atoms with Gasteiger partial charge in [0.2, 0.25) is 0 Å². The highest BCUT2D eigenvalue weighted by Gasteiger charge is 2.20. The molecule has 0 radical (unpaired) electrons. The summed E-state index contributed by atoms with van der Waals surface area (Å²) in [4.78, 5) is 0. The van der Waals surface area contributed by atoms with Gasteiger partial charge in [-0.3, -0.25) is 0 Å². The SMILES string of the molecule is CCCNC(CCC)CSC1CCCC(C)C1. The quantitative estimate of drug-likeness (QED) is 0.688. The number of hydrogen-bond acceptors (Lipinski definition) is 2. The van der Waals surface area contributed by atoms with Gasteiger partial charge in [0, 0.05) is 17.0 Å². The maximum absolute atomic E-state index is 3.70. The molecule has 2 heteroatoms. The van der Waals surface area contributed by atoms with Gasteiger partial charge in [0.05, 0.1) is 0 Å². The summed E-state index contributed by atoms with van der Waals surface area (Å²) in [6, 6.07) is 0.752. The highest BCUT2D eigenvalue weighted by molar-refractivity contribution is 7.99. The third-order valence-corrected chi connectivity index (χ3v) is 5.24. The van der Waals surface area contributed by atoms with E-state index in [0.29, 0.717) is 0 Å². The summed E-state index contributed by atoms with van der Waals surface area (Å²) < 4.78 is 0. The lowest BCUT2D eigenvalue weighted by Crippen LogP contribution is -2.32. The molecule has 1 fully saturated rings. The molecule has 17 heavy (non-hydrogen) atoms. The van der Waals surface area contributed by atoms with Crippen LogP contribution in [0.25, 0.3) is 0 Å². The lowest BCUT2D eigenvalue weighted by Gasteiger charge is -2.28. The van der Waals surface area contributed by atoms with Crippen LogP contribution in [0.4, 0.5) is 0 Å². The van der Waals surface area contributed by atoms with Crippen molar-refractivity contribution < 1.29 is 0 Å². The Morgan fingerprint density at radius 3 is 2.71 bits per heavy atom. The molecule has 1 rings (SSSR count). The minimum absolute atomic E-state index is 0.752. The molecule has 1 aliphatic rings. The van der Waals surface area contributed by atoms with Crippen LogP contribution in [-0.4, -0.2) is 23.6 Å². The number of thioether (sulfide) groups is 1. The summed E-state index contributed by atoms with van der Waals surface area (Å²) in [7, 11) is 0. The fourth-order valence-electron chi connectivity index (χ4n) is 2.72. The summed E-state index contributed by atoms with van der Waals surface area (Å²) in [6.45, 7) is 8.16. The van der Waals surface area contributed by atoms with E-state index in [2.05, 4.69) is 37.8 Å². The minimum Gasteiger partial charge on any atom is -0.313 e. The summed E-state index contributed by atoms with van der Waals surface area (Å²) in [5, 5.41) is 4.65. The van der Waals surface area contributed by atoms with E-state index in [1.54, 1.807) is 0 Å². The molecule has 0 aromatic carbocycles. The van der Waals surface area contributed by atoms with E-state index in [4.69, 9.17) is 0 Å². The van der Waals surface area contributed by atoms with Crippen molar-refractivity contribution in [2.75, 3.05) is 12.3 Å². The predicted molar refractivity (Wildman–Crippen MR) is 80.9 cm³/mol. The zero-order valence-corrected chi connectivity index (χ0v) is 12.8. The molecule has 3 atom stereocenters. The first-order valence-electron chi connectivity index (χ1n) is 7.61. The van der Waals surface area contributed by atoms with Gasteiger partial charge >= 0.3 is 0 Å². The maximum Gasteiger partial charge on any atom is 0.0158 e. The first-order valence-corrected chi connectivity index (χ1v) is 8.66. The molecule has 0 spiro atoms. The second-order valence-electron chi connectivity index (χ2n) is 5.67. The zero-order valence-electron chi connectivity index (χ0n) is 12.0. The van der Waals surface area contributed by atoms with Crippen LogP contribution >= 0.6 is 11.8 Å². The molecule has 0 amide bonds. The van der Waals surface area contributed by atoms with Gasteiger partial charge in [-0.2, -0.15) is 11.8 Å². The molecule has 0 saturated heterocycles. The van der Waals surface area contributed by atoms with Crippen LogP contribution in [0.5, 0.6) is 0 Å². The van der Waals surface area contributed by atoms with Crippen molar-refractivity contribution in [1.82, 2.24) is 5.32 Å². The van der Waals surface area contributed by atoms with Gasteiger partial charge in [0.1, 0.15) is 0 Å². The third-order valence-electron chi connectivity index (χ3n) is 3.74. The van der Waals surface area contributed by atoms with Gasteiger partial charge in [0.15, 0.2) is 0 Å². The highest BCUT2D eigenvalue weighted by atomic mass is 32.2. The lowest BCUT2D eigenvalue weighted by atomic mass is 9.91. The standard InChI is InChI=1S/C15H31NS/c1-4-7-14(16-10-5-2)12-17-15-9-6-8-13(3)11-15/h13-16H,4-12H2,1-3H3. The van der Waals surface area contributed by atoms with Crippen molar-refractivity contribution in [3.05, 3.63) is 0 Å².